The molecule has 1 saturated heterocycles. The molecule has 0 radical (unpaired) electrons. The van der Waals surface area contributed by atoms with Gasteiger partial charge in [-0.15, -0.1) is 0 Å². The average molecular weight is 488 g/mol. The number of hydrogen-bond donors (Lipinski definition) is 0. The van der Waals surface area contributed by atoms with Crippen molar-refractivity contribution in [1.82, 2.24) is 29.7 Å². The van der Waals surface area contributed by atoms with Crippen molar-refractivity contribution in [2.75, 3.05) is 26.2 Å². The summed E-state index contributed by atoms with van der Waals surface area (Å²) in [5.41, 5.74) is -1.70. The minimum Gasteiger partial charge on any atom is -0.339 e. The second-order valence-electron chi connectivity index (χ2n) is 7.64. The number of aromatic nitrogens is 4. The zero-order chi connectivity index (χ0) is 24.5. The molecule has 3 aromatic rings. The molecule has 182 valence electrons. The highest BCUT2D eigenvalue weighted by Crippen LogP contribution is 2.31. The number of nitrogens with zero attached hydrogens (tertiary/aromatic N) is 6. The van der Waals surface area contributed by atoms with E-state index >= 15 is 0 Å². The van der Waals surface area contributed by atoms with Crippen LogP contribution in [0.15, 0.2) is 41.1 Å². The van der Waals surface area contributed by atoms with Crippen LogP contribution in [0.25, 0.3) is 11.4 Å². The van der Waals surface area contributed by atoms with Gasteiger partial charge in [-0.3, -0.25) is 14.4 Å². The zero-order valence-corrected chi connectivity index (χ0v) is 17.5. The molecule has 1 amide bonds. The summed E-state index contributed by atoms with van der Waals surface area (Å²) in [5, 5.41) is 7.13. The number of alkyl halides is 6. The maximum atomic E-state index is 12.9. The van der Waals surface area contributed by atoms with E-state index in [-0.39, 0.29) is 36.3 Å². The fourth-order valence-corrected chi connectivity index (χ4v) is 3.46. The minimum absolute atomic E-state index is 0.0346. The summed E-state index contributed by atoms with van der Waals surface area (Å²) >= 11 is 0. The summed E-state index contributed by atoms with van der Waals surface area (Å²) in [6, 6.07) is 5.41. The van der Waals surface area contributed by atoms with E-state index in [4.69, 9.17) is 4.52 Å². The quantitative estimate of drug-likeness (QED) is 0.513. The van der Waals surface area contributed by atoms with Gasteiger partial charge in [0.05, 0.1) is 12.1 Å². The largest absolute Gasteiger partial charge is 0.435 e. The Labute approximate surface area is 188 Å². The highest BCUT2D eigenvalue weighted by atomic mass is 19.4. The van der Waals surface area contributed by atoms with E-state index in [1.54, 1.807) is 0 Å². The Morgan fingerprint density at radius 2 is 1.74 bits per heavy atom. The maximum absolute atomic E-state index is 12.9. The van der Waals surface area contributed by atoms with Gasteiger partial charge in [-0.1, -0.05) is 17.3 Å². The lowest BCUT2D eigenvalue weighted by molar-refractivity contribution is -0.142. The van der Waals surface area contributed by atoms with Crippen molar-refractivity contribution in [3.63, 3.8) is 0 Å². The Morgan fingerprint density at radius 3 is 2.38 bits per heavy atom. The molecule has 14 heteroatoms. The summed E-state index contributed by atoms with van der Waals surface area (Å²) in [6.45, 7) is 1.49. The minimum atomic E-state index is -4.57. The molecule has 0 bridgehead atoms. The van der Waals surface area contributed by atoms with Crippen LogP contribution in [0.1, 0.15) is 17.1 Å². The van der Waals surface area contributed by atoms with Gasteiger partial charge in [-0.25, -0.2) is 0 Å². The first-order chi connectivity index (χ1) is 16.0. The SMILES string of the molecule is O=C(Cn1ccc(C(F)(F)F)n1)N1CCN(Cc2nc(-c3cccc(C(F)(F)F)c3)no2)CC1. The molecular weight excluding hydrogens is 470 g/mol. The normalized spacial score (nSPS) is 15.6. The third-order valence-corrected chi connectivity index (χ3v) is 5.23. The summed E-state index contributed by atoms with van der Waals surface area (Å²) in [5.74, 6) is -0.114. The van der Waals surface area contributed by atoms with E-state index in [1.165, 1.54) is 17.0 Å². The van der Waals surface area contributed by atoms with Crippen LogP contribution in [-0.4, -0.2) is 61.8 Å². The number of rotatable bonds is 5. The summed E-state index contributed by atoms with van der Waals surface area (Å²) in [7, 11) is 0. The topological polar surface area (TPSA) is 80.3 Å². The van der Waals surface area contributed by atoms with Crippen LogP contribution in [0, 0.1) is 0 Å². The smallest absolute Gasteiger partial charge is 0.339 e. The molecular formula is C20H18F6N6O2. The molecule has 1 aliphatic rings. The first-order valence-corrected chi connectivity index (χ1v) is 10.1. The van der Waals surface area contributed by atoms with Crippen LogP contribution in [0.4, 0.5) is 26.3 Å². The number of amides is 1. The van der Waals surface area contributed by atoms with E-state index in [1.807, 2.05) is 4.90 Å². The maximum Gasteiger partial charge on any atom is 0.435 e. The molecule has 0 N–H and O–H groups in total. The molecule has 2 aromatic heterocycles. The van der Waals surface area contributed by atoms with E-state index in [2.05, 4.69) is 15.2 Å². The molecule has 0 spiro atoms. The molecule has 1 fully saturated rings. The number of benzene rings is 1. The summed E-state index contributed by atoms with van der Waals surface area (Å²) in [6.07, 6.45) is -7.96. The highest BCUT2D eigenvalue weighted by molar-refractivity contribution is 5.76. The molecule has 4 rings (SSSR count). The Kier molecular flexibility index (Phi) is 6.34. The number of hydrogen-bond acceptors (Lipinski definition) is 6. The van der Waals surface area contributed by atoms with Crippen LogP contribution in [0.3, 0.4) is 0 Å². The van der Waals surface area contributed by atoms with Gasteiger partial charge in [0, 0.05) is 37.9 Å². The van der Waals surface area contributed by atoms with Crippen LogP contribution in [0.2, 0.25) is 0 Å². The van der Waals surface area contributed by atoms with E-state index in [9.17, 15) is 31.1 Å². The summed E-state index contributed by atoms with van der Waals surface area (Å²) in [4.78, 5) is 20.0. The Bertz CT molecular complexity index is 1150. The lowest BCUT2D eigenvalue weighted by Crippen LogP contribution is -2.49. The second kappa shape index (κ2) is 9.08. The molecule has 0 unspecified atom stereocenters. The standard InChI is InChI=1S/C20H18F6N6O2/c21-19(22,23)14-3-1-2-13(10-14)18-27-16(34-29-18)11-30-6-8-31(9-7-30)17(33)12-32-5-4-15(28-32)20(24,25)26/h1-5,10H,6-9,11-12H2. The predicted molar refractivity (Wildman–Crippen MR) is 104 cm³/mol. The number of piperazine rings is 1. The van der Waals surface area contributed by atoms with E-state index < -0.39 is 23.6 Å². The fraction of sp³-hybridized carbons (Fsp3) is 0.400. The van der Waals surface area contributed by atoms with Crippen LogP contribution < -0.4 is 0 Å². The lowest BCUT2D eigenvalue weighted by Gasteiger charge is -2.33. The molecule has 0 atom stereocenters. The van der Waals surface area contributed by atoms with Gasteiger partial charge in [0.1, 0.15) is 6.54 Å². The van der Waals surface area contributed by atoms with Gasteiger partial charge in [0.25, 0.3) is 0 Å². The van der Waals surface area contributed by atoms with Crippen LogP contribution >= 0.6 is 0 Å². The van der Waals surface area contributed by atoms with Crippen molar-refractivity contribution >= 4 is 5.91 Å². The molecule has 0 aliphatic carbocycles. The Balaban J connectivity index is 1.30. The first-order valence-electron chi connectivity index (χ1n) is 10.1. The van der Waals surface area contributed by atoms with Crippen molar-refractivity contribution in [2.24, 2.45) is 0 Å². The van der Waals surface area contributed by atoms with Crippen LogP contribution in [-0.2, 0) is 30.2 Å². The monoisotopic (exact) mass is 488 g/mol. The third kappa shape index (κ3) is 5.55. The second-order valence-corrected chi connectivity index (χ2v) is 7.64. The van der Waals surface area contributed by atoms with E-state index in [0.717, 1.165) is 29.1 Å². The fourth-order valence-electron chi connectivity index (χ4n) is 3.46. The summed E-state index contributed by atoms with van der Waals surface area (Å²) < 4.78 is 82.8. The van der Waals surface area contributed by atoms with Gasteiger partial charge in [0.2, 0.25) is 17.6 Å². The van der Waals surface area contributed by atoms with E-state index in [0.29, 0.717) is 26.2 Å². The van der Waals surface area contributed by atoms with Gasteiger partial charge in [-0.2, -0.15) is 36.4 Å². The number of carbonyl (C=O) groups is 1. The Morgan fingerprint density at radius 1 is 1.00 bits per heavy atom. The van der Waals surface area contributed by atoms with Crippen molar-refractivity contribution in [1.29, 1.82) is 0 Å². The van der Waals surface area contributed by atoms with Crippen molar-refractivity contribution in [3.8, 4) is 11.4 Å². The molecule has 0 saturated carbocycles. The van der Waals surface area contributed by atoms with Crippen molar-refractivity contribution in [3.05, 3.63) is 53.7 Å². The molecule has 1 aliphatic heterocycles. The average Bonchev–Trinajstić information content (AvgIpc) is 3.43. The highest BCUT2D eigenvalue weighted by Gasteiger charge is 2.34. The molecule has 3 heterocycles. The van der Waals surface area contributed by atoms with Gasteiger partial charge < -0.3 is 9.42 Å². The Hall–Kier alpha value is -3.42. The van der Waals surface area contributed by atoms with Crippen LogP contribution in [0.5, 0.6) is 0 Å². The van der Waals surface area contributed by atoms with Crippen molar-refractivity contribution in [2.45, 2.75) is 25.4 Å². The molecule has 8 nitrogen and oxygen atoms in total. The molecule has 34 heavy (non-hydrogen) atoms. The van der Waals surface area contributed by atoms with Crippen molar-refractivity contribution < 1.29 is 35.7 Å². The number of carbonyl (C=O) groups excluding carboxylic acids is 1. The number of halogens is 6. The first kappa shape index (κ1) is 23.7. The molecule has 1 aromatic carbocycles. The zero-order valence-electron chi connectivity index (χ0n) is 17.5. The predicted octanol–water partition coefficient (Wildman–Crippen LogP) is 3.32. The van der Waals surface area contributed by atoms with Gasteiger partial charge in [-0.05, 0) is 18.2 Å². The lowest BCUT2D eigenvalue weighted by atomic mass is 10.1. The van der Waals surface area contributed by atoms with Gasteiger partial charge in [0.15, 0.2) is 5.69 Å². The third-order valence-electron chi connectivity index (χ3n) is 5.23. The van der Waals surface area contributed by atoms with Gasteiger partial charge >= 0.3 is 12.4 Å².